The van der Waals surface area contributed by atoms with Crippen molar-refractivity contribution in [1.29, 1.82) is 0 Å². The highest BCUT2D eigenvalue weighted by molar-refractivity contribution is 9.11. The SMILES string of the molecule is COC(=O)C(c1cc(Br)ccc1Br)C1CC1. The van der Waals surface area contributed by atoms with Crippen LogP contribution in [0.5, 0.6) is 0 Å². The Bertz CT molecular complexity index is 413. The maximum absolute atomic E-state index is 11.8. The molecule has 4 heteroatoms. The highest BCUT2D eigenvalue weighted by atomic mass is 79.9. The molecular weight excluding hydrogens is 336 g/mol. The maximum Gasteiger partial charge on any atom is 0.313 e. The molecular formula is C12H12Br2O2. The van der Waals surface area contributed by atoms with Crippen LogP contribution >= 0.6 is 31.9 Å². The summed E-state index contributed by atoms with van der Waals surface area (Å²) in [5.74, 6) is 0.177. The van der Waals surface area contributed by atoms with Crippen LogP contribution in [0, 0.1) is 5.92 Å². The van der Waals surface area contributed by atoms with E-state index in [2.05, 4.69) is 31.9 Å². The van der Waals surface area contributed by atoms with Gasteiger partial charge in [-0.2, -0.15) is 0 Å². The maximum atomic E-state index is 11.8. The Balaban J connectivity index is 2.37. The summed E-state index contributed by atoms with van der Waals surface area (Å²) in [7, 11) is 1.45. The van der Waals surface area contributed by atoms with E-state index in [-0.39, 0.29) is 11.9 Å². The number of halogens is 2. The second-order valence-corrected chi connectivity index (χ2v) is 5.77. The Labute approximate surface area is 112 Å². The van der Waals surface area contributed by atoms with Crippen molar-refractivity contribution >= 4 is 37.8 Å². The zero-order chi connectivity index (χ0) is 11.7. The van der Waals surface area contributed by atoms with E-state index in [0.717, 1.165) is 27.4 Å². The molecule has 1 aliphatic carbocycles. The van der Waals surface area contributed by atoms with Crippen LogP contribution in [-0.4, -0.2) is 13.1 Å². The van der Waals surface area contributed by atoms with Gasteiger partial charge in [0.2, 0.25) is 0 Å². The Morgan fingerprint density at radius 3 is 2.69 bits per heavy atom. The predicted molar refractivity (Wildman–Crippen MR) is 69.3 cm³/mol. The molecule has 86 valence electrons. The molecule has 0 amide bonds. The van der Waals surface area contributed by atoms with Crippen LogP contribution in [0.2, 0.25) is 0 Å². The molecule has 0 spiro atoms. The number of rotatable bonds is 3. The minimum atomic E-state index is -0.138. The number of benzene rings is 1. The summed E-state index contributed by atoms with van der Waals surface area (Å²) in [5, 5.41) is 0. The third-order valence-electron chi connectivity index (χ3n) is 2.84. The van der Waals surface area contributed by atoms with E-state index in [1.54, 1.807) is 0 Å². The van der Waals surface area contributed by atoms with E-state index >= 15 is 0 Å². The van der Waals surface area contributed by atoms with Gasteiger partial charge < -0.3 is 4.74 Å². The summed E-state index contributed by atoms with van der Waals surface area (Å²) in [6, 6.07) is 5.90. The second kappa shape index (κ2) is 4.88. The Morgan fingerprint density at radius 1 is 1.44 bits per heavy atom. The lowest BCUT2D eigenvalue weighted by Gasteiger charge is -2.16. The standard InChI is InChI=1S/C12H12Br2O2/c1-16-12(15)11(7-2-3-7)9-6-8(13)4-5-10(9)14/h4-7,11H,2-3H2,1H3. The second-order valence-electron chi connectivity index (χ2n) is 4.00. The molecule has 0 heterocycles. The van der Waals surface area contributed by atoms with Gasteiger partial charge in [0.1, 0.15) is 0 Å². The lowest BCUT2D eigenvalue weighted by molar-refractivity contribution is -0.143. The van der Waals surface area contributed by atoms with Gasteiger partial charge in [0, 0.05) is 8.95 Å². The van der Waals surface area contributed by atoms with Gasteiger partial charge in [-0.25, -0.2) is 0 Å². The number of carbonyl (C=O) groups excluding carboxylic acids is 1. The van der Waals surface area contributed by atoms with E-state index in [9.17, 15) is 4.79 Å². The Morgan fingerprint density at radius 2 is 2.12 bits per heavy atom. The molecule has 1 fully saturated rings. The number of hydrogen-bond acceptors (Lipinski definition) is 2. The van der Waals surface area contributed by atoms with Gasteiger partial charge in [-0.1, -0.05) is 31.9 Å². The van der Waals surface area contributed by atoms with Gasteiger partial charge in [0.25, 0.3) is 0 Å². The Hall–Kier alpha value is -0.350. The molecule has 0 aromatic heterocycles. The lowest BCUT2D eigenvalue weighted by Crippen LogP contribution is -2.16. The fourth-order valence-corrected chi connectivity index (χ4v) is 2.75. The topological polar surface area (TPSA) is 26.3 Å². The molecule has 16 heavy (non-hydrogen) atoms. The fraction of sp³-hybridized carbons (Fsp3) is 0.417. The van der Waals surface area contributed by atoms with Gasteiger partial charge in [0.15, 0.2) is 0 Å². The average molecular weight is 348 g/mol. The number of esters is 1. The lowest BCUT2D eigenvalue weighted by atomic mass is 9.94. The van der Waals surface area contributed by atoms with Gasteiger partial charge in [-0.15, -0.1) is 0 Å². The van der Waals surface area contributed by atoms with Crippen LogP contribution in [0.4, 0.5) is 0 Å². The van der Waals surface area contributed by atoms with E-state index in [1.165, 1.54) is 7.11 Å². The summed E-state index contributed by atoms with van der Waals surface area (Å²) >= 11 is 6.93. The zero-order valence-electron chi connectivity index (χ0n) is 8.87. The van der Waals surface area contributed by atoms with Crippen molar-refractivity contribution in [2.75, 3.05) is 7.11 Å². The van der Waals surface area contributed by atoms with Gasteiger partial charge >= 0.3 is 5.97 Å². The molecule has 1 aromatic rings. The first-order valence-electron chi connectivity index (χ1n) is 5.16. The smallest absolute Gasteiger partial charge is 0.313 e. The van der Waals surface area contributed by atoms with Crippen molar-refractivity contribution in [2.24, 2.45) is 5.92 Å². The molecule has 2 nitrogen and oxygen atoms in total. The highest BCUT2D eigenvalue weighted by Gasteiger charge is 2.39. The fourth-order valence-electron chi connectivity index (χ4n) is 1.88. The third kappa shape index (κ3) is 2.48. The van der Waals surface area contributed by atoms with E-state index in [0.29, 0.717) is 5.92 Å². The summed E-state index contributed by atoms with van der Waals surface area (Å²) in [4.78, 5) is 11.8. The monoisotopic (exact) mass is 346 g/mol. The molecule has 0 aliphatic heterocycles. The van der Waals surface area contributed by atoms with Crippen molar-refractivity contribution in [1.82, 2.24) is 0 Å². The largest absolute Gasteiger partial charge is 0.469 e. The van der Waals surface area contributed by atoms with Crippen molar-refractivity contribution in [3.05, 3.63) is 32.7 Å². The average Bonchev–Trinajstić information content (AvgIpc) is 3.07. The Kier molecular flexibility index (Phi) is 3.70. The minimum Gasteiger partial charge on any atom is -0.469 e. The number of hydrogen-bond donors (Lipinski definition) is 0. The van der Waals surface area contributed by atoms with Gasteiger partial charge in [0.05, 0.1) is 13.0 Å². The summed E-state index contributed by atoms with van der Waals surface area (Å²) in [6.07, 6.45) is 2.22. The number of ether oxygens (including phenoxy) is 1. The molecule has 0 N–H and O–H groups in total. The first-order chi connectivity index (χ1) is 7.63. The highest BCUT2D eigenvalue weighted by Crippen LogP contribution is 2.45. The number of methoxy groups -OCH3 is 1. The molecule has 1 atom stereocenters. The van der Waals surface area contributed by atoms with Gasteiger partial charge in [-0.3, -0.25) is 4.79 Å². The predicted octanol–water partition coefficient (Wildman–Crippen LogP) is 3.88. The van der Waals surface area contributed by atoms with Gasteiger partial charge in [-0.05, 0) is 42.5 Å². The van der Waals surface area contributed by atoms with Crippen molar-refractivity contribution in [2.45, 2.75) is 18.8 Å². The molecule has 1 aromatic carbocycles. The third-order valence-corrected chi connectivity index (χ3v) is 4.06. The minimum absolute atomic E-state index is 0.128. The molecule has 0 saturated heterocycles. The van der Waals surface area contributed by atoms with Crippen molar-refractivity contribution < 1.29 is 9.53 Å². The first kappa shape index (κ1) is 12.1. The molecule has 1 unspecified atom stereocenters. The quantitative estimate of drug-likeness (QED) is 0.775. The zero-order valence-corrected chi connectivity index (χ0v) is 12.0. The van der Waals surface area contributed by atoms with Crippen molar-refractivity contribution in [3.8, 4) is 0 Å². The van der Waals surface area contributed by atoms with Crippen LogP contribution < -0.4 is 0 Å². The van der Waals surface area contributed by atoms with Crippen molar-refractivity contribution in [3.63, 3.8) is 0 Å². The van der Waals surface area contributed by atoms with Crippen LogP contribution in [-0.2, 0) is 9.53 Å². The van der Waals surface area contributed by atoms with E-state index in [4.69, 9.17) is 4.74 Å². The molecule has 0 bridgehead atoms. The normalized spacial score (nSPS) is 16.9. The van der Waals surface area contributed by atoms with Crippen LogP contribution in [0.25, 0.3) is 0 Å². The first-order valence-corrected chi connectivity index (χ1v) is 6.75. The van der Waals surface area contributed by atoms with E-state index < -0.39 is 0 Å². The molecule has 0 radical (unpaired) electrons. The van der Waals surface area contributed by atoms with Crippen LogP contribution in [0.1, 0.15) is 24.3 Å². The van der Waals surface area contributed by atoms with E-state index in [1.807, 2.05) is 18.2 Å². The molecule has 1 aliphatic rings. The summed E-state index contributed by atoms with van der Waals surface area (Å²) in [5.41, 5.74) is 1.02. The summed E-state index contributed by atoms with van der Waals surface area (Å²) < 4.78 is 6.84. The summed E-state index contributed by atoms with van der Waals surface area (Å²) in [6.45, 7) is 0. The van der Waals surface area contributed by atoms with Crippen LogP contribution in [0.15, 0.2) is 27.1 Å². The van der Waals surface area contributed by atoms with Crippen LogP contribution in [0.3, 0.4) is 0 Å². The molecule has 1 saturated carbocycles. The number of carbonyl (C=O) groups is 1. The molecule has 2 rings (SSSR count).